The lowest BCUT2D eigenvalue weighted by molar-refractivity contribution is 0.194. The molecule has 0 radical (unpaired) electrons. The van der Waals surface area contributed by atoms with Gasteiger partial charge < -0.3 is 4.90 Å². The number of rotatable bonds is 5. The average molecular weight is 416 g/mol. The van der Waals surface area contributed by atoms with E-state index in [1.165, 1.54) is 29.9 Å². The number of anilines is 1. The lowest BCUT2D eigenvalue weighted by Gasteiger charge is -2.35. The number of thiophene rings is 1. The minimum absolute atomic E-state index is 0.190. The minimum Gasteiger partial charge on any atom is -0.369 e. The lowest BCUT2D eigenvalue weighted by atomic mass is 10.2. The molecule has 0 amide bonds. The molecule has 5 nitrogen and oxygen atoms in total. The van der Waals surface area contributed by atoms with E-state index < -0.39 is 0 Å². The summed E-state index contributed by atoms with van der Waals surface area (Å²) in [5.41, 5.74) is 1.08. The predicted molar refractivity (Wildman–Crippen MR) is 113 cm³/mol. The molecule has 8 heteroatoms. The Hall–Kier alpha value is -2.03. The maximum atomic E-state index is 13.1. The van der Waals surface area contributed by atoms with E-state index in [-0.39, 0.29) is 5.82 Å². The summed E-state index contributed by atoms with van der Waals surface area (Å²) < 4.78 is 18.2. The molecule has 2 fully saturated rings. The smallest absolute Gasteiger partial charge is 0.199 e. The first-order valence-electron chi connectivity index (χ1n) is 9.65. The fraction of sp³-hybridized carbons (Fsp3) is 0.400. The summed E-state index contributed by atoms with van der Waals surface area (Å²) >= 11 is 7.49. The molecule has 2 aromatic heterocycles. The normalized spacial score (nSPS) is 18.0. The Morgan fingerprint density at radius 3 is 2.46 bits per heavy atom. The maximum Gasteiger partial charge on any atom is 0.199 e. The van der Waals surface area contributed by atoms with Crippen LogP contribution in [0.5, 0.6) is 0 Å². The fourth-order valence-electron chi connectivity index (χ4n) is 3.74. The van der Waals surface area contributed by atoms with Crippen LogP contribution >= 0.6 is 23.6 Å². The van der Waals surface area contributed by atoms with Crippen molar-refractivity contribution in [2.75, 3.05) is 31.1 Å². The van der Waals surface area contributed by atoms with E-state index in [4.69, 9.17) is 17.3 Å². The van der Waals surface area contributed by atoms with Crippen molar-refractivity contribution in [2.45, 2.75) is 25.6 Å². The van der Waals surface area contributed by atoms with Gasteiger partial charge in [0.2, 0.25) is 0 Å². The standard InChI is InChI=1S/C20H22FN5S2/c21-15-3-5-16(6-4-15)24-11-9-23(10-12-24)14-25-20(27)26(17-7-8-17)19(22-25)18-2-1-13-28-18/h1-6,13,17H,7-12,14H2. The number of halogens is 1. The summed E-state index contributed by atoms with van der Waals surface area (Å²) in [4.78, 5) is 5.87. The van der Waals surface area contributed by atoms with Gasteiger partial charge in [0.05, 0.1) is 11.5 Å². The van der Waals surface area contributed by atoms with Gasteiger partial charge in [0.25, 0.3) is 0 Å². The Morgan fingerprint density at radius 1 is 1.07 bits per heavy atom. The van der Waals surface area contributed by atoms with Gasteiger partial charge in [-0.05, 0) is 60.8 Å². The third-order valence-electron chi connectivity index (χ3n) is 5.42. The van der Waals surface area contributed by atoms with Crippen LogP contribution in [0, 0.1) is 10.6 Å². The topological polar surface area (TPSA) is 29.2 Å². The van der Waals surface area contributed by atoms with Gasteiger partial charge in [0, 0.05) is 37.9 Å². The Bertz CT molecular complexity index is 996. The van der Waals surface area contributed by atoms with Crippen molar-refractivity contribution in [3.05, 3.63) is 52.4 Å². The first-order chi connectivity index (χ1) is 13.7. The molecule has 3 heterocycles. The van der Waals surface area contributed by atoms with E-state index in [0.29, 0.717) is 12.7 Å². The van der Waals surface area contributed by atoms with Crippen LogP contribution in [0.4, 0.5) is 10.1 Å². The van der Waals surface area contributed by atoms with E-state index in [1.54, 1.807) is 11.3 Å². The number of aromatic nitrogens is 3. The van der Waals surface area contributed by atoms with Crippen LogP contribution < -0.4 is 4.90 Å². The van der Waals surface area contributed by atoms with Crippen molar-refractivity contribution in [1.82, 2.24) is 19.2 Å². The highest BCUT2D eigenvalue weighted by atomic mass is 32.1. The van der Waals surface area contributed by atoms with Crippen LogP contribution in [0.1, 0.15) is 18.9 Å². The zero-order valence-corrected chi connectivity index (χ0v) is 17.1. The summed E-state index contributed by atoms with van der Waals surface area (Å²) in [5, 5.41) is 6.97. The molecule has 0 bridgehead atoms. The first-order valence-corrected chi connectivity index (χ1v) is 10.9. The van der Waals surface area contributed by atoms with E-state index >= 15 is 0 Å². The zero-order valence-electron chi connectivity index (χ0n) is 15.5. The van der Waals surface area contributed by atoms with Crippen molar-refractivity contribution >= 4 is 29.2 Å². The fourth-order valence-corrected chi connectivity index (χ4v) is 4.78. The first kappa shape index (κ1) is 18.0. The number of nitrogens with zero attached hydrogens (tertiary/aromatic N) is 5. The van der Waals surface area contributed by atoms with E-state index in [9.17, 15) is 4.39 Å². The molecule has 1 aliphatic carbocycles. The molecule has 0 atom stereocenters. The highest BCUT2D eigenvalue weighted by molar-refractivity contribution is 7.71. The zero-order chi connectivity index (χ0) is 19.1. The monoisotopic (exact) mass is 415 g/mol. The van der Waals surface area contributed by atoms with Gasteiger partial charge in [-0.2, -0.15) is 0 Å². The van der Waals surface area contributed by atoms with Crippen LogP contribution in [0.25, 0.3) is 10.7 Å². The minimum atomic E-state index is -0.190. The van der Waals surface area contributed by atoms with Crippen LogP contribution in [0.15, 0.2) is 41.8 Å². The Balaban J connectivity index is 1.30. The number of hydrogen-bond acceptors (Lipinski definition) is 5. The number of hydrogen-bond donors (Lipinski definition) is 0. The third kappa shape index (κ3) is 3.52. The second-order valence-electron chi connectivity index (χ2n) is 7.41. The molecular formula is C20H22FN5S2. The van der Waals surface area contributed by atoms with Crippen molar-refractivity contribution in [1.29, 1.82) is 0 Å². The van der Waals surface area contributed by atoms with Gasteiger partial charge in [-0.25, -0.2) is 9.07 Å². The molecule has 2 aliphatic rings. The summed E-state index contributed by atoms with van der Waals surface area (Å²) in [6.07, 6.45) is 2.38. The Morgan fingerprint density at radius 2 is 1.82 bits per heavy atom. The molecule has 1 saturated carbocycles. The SMILES string of the molecule is Fc1ccc(N2CCN(Cn3nc(-c4cccs4)n(C4CC4)c3=S)CC2)cc1. The average Bonchev–Trinajstić information content (AvgIpc) is 3.29. The second kappa shape index (κ2) is 7.42. The molecule has 5 rings (SSSR count). The summed E-state index contributed by atoms with van der Waals surface area (Å²) in [6.45, 7) is 4.42. The van der Waals surface area contributed by atoms with Crippen LogP contribution in [0.3, 0.4) is 0 Å². The summed E-state index contributed by atoms with van der Waals surface area (Å²) in [6, 6.07) is 11.4. The maximum absolute atomic E-state index is 13.1. The van der Waals surface area contributed by atoms with Crippen molar-refractivity contribution in [3.8, 4) is 10.7 Å². The molecule has 1 aromatic carbocycles. The van der Waals surface area contributed by atoms with Gasteiger partial charge >= 0.3 is 0 Å². The van der Waals surface area contributed by atoms with Crippen LogP contribution in [-0.4, -0.2) is 45.4 Å². The molecule has 1 aliphatic heterocycles. The number of benzene rings is 1. The summed E-state index contributed by atoms with van der Waals surface area (Å²) in [7, 11) is 0. The van der Waals surface area contributed by atoms with E-state index in [2.05, 4.69) is 31.9 Å². The van der Waals surface area contributed by atoms with Crippen molar-refractivity contribution in [2.24, 2.45) is 0 Å². The molecule has 0 spiro atoms. The summed E-state index contributed by atoms with van der Waals surface area (Å²) in [5.74, 6) is 0.817. The van der Waals surface area contributed by atoms with Gasteiger partial charge in [-0.3, -0.25) is 9.47 Å². The molecule has 146 valence electrons. The van der Waals surface area contributed by atoms with Gasteiger partial charge in [-0.15, -0.1) is 16.4 Å². The van der Waals surface area contributed by atoms with Gasteiger partial charge in [0.15, 0.2) is 10.6 Å². The third-order valence-corrected chi connectivity index (χ3v) is 6.70. The highest BCUT2D eigenvalue weighted by Crippen LogP contribution is 2.39. The van der Waals surface area contributed by atoms with Gasteiger partial charge in [0.1, 0.15) is 5.82 Å². The largest absolute Gasteiger partial charge is 0.369 e. The second-order valence-corrected chi connectivity index (χ2v) is 8.72. The van der Waals surface area contributed by atoms with Crippen LogP contribution in [-0.2, 0) is 6.67 Å². The predicted octanol–water partition coefficient (Wildman–Crippen LogP) is 4.40. The van der Waals surface area contributed by atoms with E-state index in [0.717, 1.165) is 42.5 Å². The number of piperazine rings is 1. The highest BCUT2D eigenvalue weighted by Gasteiger charge is 2.30. The van der Waals surface area contributed by atoms with Crippen molar-refractivity contribution < 1.29 is 4.39 Å². The lowest BCUT2D eigenvalue weighted by Crippen LogP contribution is -2.47. The quantitative estimate of drug-likeness (QED) is 0.578. The Kier molecular flexibility index (Phi) is 4.78. The Labute approximate surface area is 172 Å². The molecule has 1 saturated heterocycles. The molecule has 3 aromatic rings. The molecular weight excluding hydrogens is 393 g/mol. The van der Waals surface area contributed by atoms with Crippen molar-refractivity contribution in [3.63, 3.8) is 0 Å². The molecule has 28 heavy (non-hydrogen) atoms. The van der Waals surface area contributed by atoms with E-state index in [1.807, 2.05) is 16.8 Å². The molecule has 0 N–H and O–H groups in total. The van der Waals surface area contributed by atoms with Crippen LogP contribution in [0.2, 0.25) is 0 Å². The van der Waals surface area contributed by atoms with Gasteiger partial charge in [-0.1, -0.05) is 6.07 Å². The molecule has 0 unspecified atom stereocenters.